The van der Waals surface area contributed by atoms with Gasteiger partial charge in [-0.05, 0) is 32.6 Å². The molecule has 3 rings (SSSR count). The van der Waals surface area contributed by atoms with E-state index in [-0.39, 0.29) is 0 Å². The van der Waals surface area contributed by atoms with Gasteiger partial charge in [-0.3, -0.25) is 14.7 Å². The van der Waals surface area contributed by atoms with Crippen molar-refractivity contribution in [2.75, 3.05) is 59.4 Å². The Hall–Kier alpha value is -2.09. The van der Waals surface area contributed by atoms with Crippen molar-refractivity contribution >= 4 is 11.9 Å². The summed E-state index contributed by atoms with van der Waals surface area (Å²) in [5.74, 6) is 2.34. The van der Waals surface area contributed by atoms with Crippen LogP contribution in [0.25, 0.3) is 0 Å². The average Bonchev–Trinajstić information content (AvgIpc) is 3.38. The lowest BCUT2D eigenvalue weighted by atomic mass is 10.3. The maximum Gasteiger partial charge on any atom is 0.236 e. The Morgan fingerprint density at radius 2 is 1.86 bits per heavy atom. The lowest BCUT2D eigenvalue weighted by Gasteiger charge is -2.36. The number of carbonyl (C=O) groups is 1. The van der Waals surface area contributed by atoms with Gasteiger partial charge in [-0.1, -0.05) is 0 Å². The monoisotopic (exact) mass is 389 g/mol. The van der Waals surface area contributed by atoms with Crippen molar-refractivity contribution in [3.63, 3.8) is 0 Å². The number of likely N-dealkylation sites (tertiary alicyclic amines) is 1. The van der Waals surface area contributed by atoms with Crippen LogP contribution in [0.15, 0.2) is 17.4 Å². The van der Waals surface area contributed by atoms with Gasteiger partial charge in [0.2, 0.25) is 5.91 Å². The Morgan fingerprint density at radius 3 is 2.50 bits per heavy atom. The number of unbranched alkanes of at least 4 members (excludes halogenated alkanes) is 1. The number of hydrogen-bond donors (Lipinski definition) is 1. The van der Waals surface area contributed by atoms with Crippen molar-refractivity contribution in [1.82, 2.24) is 29.6 Å². The fourth-order valence-corrected chi connectivity index (χ4v) is 3.96. The molecule has 0 radical (unpaired) electrons. The molecule has 156 valence electrons. The van der Waals surface area contributed by atoms with Gasteiger partial charge < -0.3 is 19.7 Å². The molecule has 0 atom stereocenters. The van der Waals surface area contributed by atoms with E-state index in [1.54, 1.807) is 0 Å². The van der Waals surface area contributed by atoms with Crippen molar-refractivity contribution in [1.29, 1.82) is 0 Å². The van der Waals surface area contributed by atoms with Crippen LogP contribution in [0.1, 0.15) is 31.5 Å². The van der Waals surface area contributed by atoms with Crippen molar-refractivity contribution in [2.45, 2.75) is 39.2 Å². The molecule has 0 bridgehead atoms. The summed E-state index contributed by atoms with van der Waals surface area (Å²) in [6.45, 7) is 10.1. The summed E-state index contributed by atoms with van der Waals surface area (Å²) in [4.78, 5) is 27.6. The average molecular weight is 390 g/mol. The van der Waals surface area contributed by atoms with Gasteiger partial charge in [0.1, 0.15) is 5.82 Å². The first-order chi connectivity index (χ1) is 13.7. The minimum atomic E-state index is 0.293. The lowest BCUT2D eigenvalue weighted by Crippen LogP contribution is -2.54. The summed E-state index contributed by atoms with van der Waals surface area (Å²) in [6, 6.07) is 0. The zero-order valence-electron chi connectivity index (χ0n) is 17.4. The number of hydrogen-bond acceptors (Lipinski definition) is 4. The molecule has 0 saturated carbocycles. The van der Waals surface area contributed by atoms with Gasteiger partial charge in [0, 0.05) is 71.8 Å². The van der Waals surface area contributed by atoms with Gasteiger partial charge in [-0.15, -0.1) is 0 Å². The van der Waals surface area contributed by atoms with Crippen LogP contribution in [0.3, 0.4) is 0 Å². The molecule has 0 unspecified atom stereocenters. The van der Waals surface area contributed by atoms with E-state index in [0.717, 1.165) is 89.8 Å². The molecule has 2 fully saturated rings. The standard InChI is InChI=1S/C20H35N7O/c1-18-22-8-12-25(18)9-4-3-7-23-20(21-2)27-15-13-24(14-16-27)17-19(28)26-10-5-6-11-26/h8,12H,3-7,9-11,13-17H2,1-2H3,(H,21,23). The fourth-order valence-electron chi connectivity index (χ4n) is 3.96. The summed E-state index contributed by atoms with van der Waals surface area (Å²) in [5.41, 5.74) is 0. The van der Waals surface area contributed by atoms with E-state index in [9.17, 15) is 4.79 Å². The number of piperazine rings is 1. The van der Waals surface area contributed by atoms with Crippen LogP contribution in [0, 0.1) is 6.92 Å². The zero-order chi connectivity index (χ0) is 19.8. The second-order valence-corrected chi connectivity index (χ2v) is 7.70. The minimum absolute atomic E-state index is 0.293. The van der Waals surface area contributed by atoms with E-state index in [4.69, 9.17) is 0 Å². The van der Waals surface area contributed by atoms with Crippen molar-refractivity contribution < 1.29 is 4.79 Å². The Bertz CT molecular complexity index is 643. The first-order valence-corrected chi connectivity index (χ1v) is 10.6. The van der Waals surface area contributed by atoms with E-state index >= 15 is 0 Å². The minimum Gasteiger partial charge on any atom is -0.356 e. The van der Waals surface area contributed by atoms with Crippen LogP contribution < -0.4 is 5.32 Å². The molecule has 2 aliphatic heterocycles. The second kappa shape index (κ2) is 10.5. The summed E-state index contributed by atoms with van der Waals surface area (Å²) in [7, 11) is 1.85. The number of nitrogens with one attached hydrogen (secondary N) is 1. The zero-order valence-corrected chi connectivity index (χ0v) is 17.4. The summed E-state index contributed by atoms with van der Waals surface area (Å²) >= 11 is 0. The van der Waals surface area contributed by atoms with E-state index in [1.165, 1.54) is 0 Å². The molecular weight excluding hydrogens is 354 g/mol. The quantitative estimate of drug-likeness (QED) is 0.424. The predicted octanol–water partition coefficient (Wildman–Crippen LogP) is 0.787. The molecule has 0 aromatic carbocycles. The Morgan fingerprint density at radius 1 is 1.11 bits per heavy atom. The topological polar surface area (TPSA) is 69.0 Å². The third-order valence-electron chi connectivity index (χ3n) is 5.73. The molecule has 1 amide bonds. The third kappa shape index (κ3) is 5.70. The highest BCUT2D eigenvalue weighted by molar-refractivity contribution is 5.80. The highest BCUT2D eigenvalue weighted by Crippen LogP contribution is 2.09. The molecule has 0 aliphatic carbocycles. The number of aromatic nitrogens is 2. The van der Waals surface area contributed by atoms with Crippen LogP contribution >= 0.6 is 0 Å². The molecule has 8 heteroatoms. The summed E-state index contributed by atoms with van der Waals surface area (Å²) in [5, 5.41) is 3.49. The molecule has 0 spiro atoms. The van der Waals surface area contributed by atoms with Crippen LogP contribution in [-0.2, 0) is 11.3 Å². The molecule has 3 heterocycles. The molecule has 1 N–H and O–H groups in total. The number of carbonyl (C=O) groups excluding carboxylic acids is 1. The van der Waals surface area contributed by atoms with Gasteiger partial charge in [0.15, 0.2) is 5.96 Å². The summed E-state index contributed by atoms with van der Waals surface area (Å²) < 4.78 is 2.19. The van der Waals surface area contributed by atoms with E-state index in [0.29, 0.717) is 12.5 Å². The Labute approximate surface area is 168 Å². The number of guanidine groups is 1. The first-order valence-electron chi connectivity index (χ1n) is 10.6. The third-order valence-corrected chi connectivity index (χ3v) is 5.73. The Balaban J connectivity index is 1.32. The van der Waals surface area contributed by atoms with E-state index in [2.05, 4.69) is 29.7 Å². The maximum atomic E-state index is 12.3. The molecule has 28 heavy (non-hydrogen) atoms. The van der Waals surface area contributed by atoms with Gasteiger partial charge in [-0.2, -0.15) is 0 Å². The van der Waals surface area contributed by atoms with Gasteiger partial charge in [0.25, 0.3) is 0 Å². The second-order valence-electron chi connectivity index (χ2n) is 7.70. The van der Waals surface area contributed by atoms with Gasteiger partial charge >= 0.3 is 0 Å². The smallest absolute Gasteiger partial charge is 0.236 e. The molecule has 8 nitrogen and oxygen atoms in total. The van der Waals surface area contributed by atoms with E-state index in [1.807, 2.05) is 31.3 Å². The summed E-state index contributed by atoms with van der Waals surface area (Å²) in [6.07, 6.45) is 8.42. The number of nitrogens with zero attached hydrogens (tertiary/aromatic N) is 6. The molecule has 1 aromatic rings. The molecule has 2 aliphatic rings. The van der Waals surface area contributed by atoms with E-state index < -0.39 is 0 Å². The number of rotatable bonds is 7. The number of aryl methyl sites for hydroxylation is 2. The van der Waals surface area contributed by atoms with Crippen LogP contribution in [0.5, 0.6) is 0 Å². The highest BCUT2D eigenvalue weighted by atomic mass is 16.2. The maximum absolute atomic E-state index is 12.3. The van der Waals surface area contributed by atoms with Crippen molar-refractivity contribution in [3.05, 3.63) is 18.2 Å². The van der Waals surface area contributed by atoms with Crippen LogP contribution in [0.4, 0.5) is 0 Å². The Kier molecular flexibility index (Phi) is 7.71. The molecule has 1 aromatic heterocycles. The predicted molar refractivity (Wildman–Crippen MR) is 111 cm³/mol. The molecular formula is C20H35N7O. The molecule has 2 saturated heterocycles. The fraction of sp³-hybridized carbons (Fsp3) is 0.750. The SMILES string of the molecule is CN=C(NCCCCn1ccnc1C)N1CCN(CC(=O)N2CCCC2)CC1. The lowest BCUT2D eigenvalue weighted by molar-refractivity contribution is -0.131. The van der Waals surface area contributed by atoms with Crippen LogP contribution in [-0.4, -0.2) is 95.5 Å². The number of aliphatic imine (C=N–C) groups is 1. The largest absolute Gasteiger partial charge is 0.356 e. The first kappa shape index (κ1) is 20.6. The van der Waals surface area contributed by atoms with Gasteiger partial charge in [-0.25, -0.2) is 4.98 Å². The van der Waals surface area contributed by atoms with Crippen LogP contribution in [0.2, 0.25) is 0 Å². The van der Waals surface area contributed by atoms with Crippen molar-refractivity contribution in [3.8, 4) is 0 Å². The number of amides is 1. The van der Waals surface area contributed by atoms with Crippen molar-refractivity contribution in [2.24, 2.45) is 4.99 Å². The number of imidazole rings is 1. The highest BCUT2D eigenvalue weighted by Gasteiger charge is 2.24. The van der Waals surface area contributed by atoms with Gasteiger partial charge in [0.05, 0.1) is 6.54 Å². The normalized spacial score (nSPS) is 18.7.